The van der Waals surface area contributed by atoms with E-state index in [1.54, 1.807) is 0 Å². The predicted molar refractivity (Wildman–Crippen MR) is 90.2 cm³/mol. The topological polar surface area (TPSA) is 72.5 Å². The van der Waals surface area contributed by atoms with Crippen LogP contribution in [0.4, 0.5) is 0 Å². The molecule has 0 radical (unpaired) electrons. The van der Waals surface area contributed by atoms with Crippen LogP contribution in [0.25, 0.3) is 0 Å². The van der Waals surface area contributed by atoms with Gasteiger partial charge in [-0.05, 0) is 5.92 Å². The Balaban J connectivity index is 3.01. The van der Waals surface area contributed by atoms with Crippen molar-refractivity contribution >= 4 is 5.97 Å². The molecule has 7 nitrogen and oxygen atoms in total. The molecule has 144 valence electrons. The van der Waals surface area contributed by atoms with Gasteiger partial charge >= 0.3 is 5.97 Å². The molecule has 24 heavy (non-hydrogen) atoms. The fourth-order valence-electron chi connectivity index (χ4n) is 1.53. The molecule has 0 spiro atoms. The van der Waals surface area contributed by atoms with Gasteiger partial charge in [0.05, 0.1) is 59.5 Å². The summed E-state index contributed by atoms with van der Waals surface area (Å²) < 4.78 is 31.5. The Bertz CT molecular complexity index is 274. The van der Waals surface area contributed by atoms with Crippen molar-refractivity contribution in [3.05, 3.63) is 0 Å². The van der Waals surface area contributed by atoms with Crippen LogP contribution in [-0.4, -0.2) is 78.6 Å². The van der Waals surface area contributed by atoms with Crippen molar-refractivity contribution in [1.29, 1.82) is 0 Å². The van der Waals surface area contributed by atoms with Crippen LogP contribution in [0.5, 0.6) is 0 Å². The largest absolute Gasteiger partial charge is 0.463 e. The zero-order valence-electron chi connectivity index (χ0n) is 15.4. The third-order valence-electron chi connectivity index (χ3n) is 3.12. The van der Waals surface area contributed by atoms with E-state index in [9.17, 15) is 4.79 Å². The van der Waals surface area contributed by atoms with Crippen molar-refractivity contribution < 1.29 is 33.2 Å². The maximum absolute atomic E-state index is 10.5. The molecule has 0 aromatic carbocycles. The van der Waals surface area contributed by atoms with E-state index in [0.717, 1.165) is 13.0 Å². The normalized spacial score (nSPS) is 12.3. The van der Waals surface area contributed by atoms with Gasteiger partial charge in [-0.3, -0.25) is 4.79 Å². The van der Waals surface area contributed by atoms with E-state index in [1.165, 1.54) is 6.92 Å². The van der Waals surface area contributed by atoms with Gasteiger partial charge < -0.3 is 28.4 Å². The van der Waals surface area contributed by atoms with Crippen LogP contribution in [0.3, 0.4) is 0 Å². The van der Waals surface area contributed by atoms with Gasteiger partial charge in [0.25, 0.3) is 0 Å². The van der Waals surface area contributed by atoms with Crippen LogP contribution in [0.15, 0.2) is 0 Å². The Morgan fingerprint density at radius 3 is 1.46 bits per heavy atom. The first-order valence-corrected chi connectivity index (χ1v) is 8.68. The van der Waals surface area contributed by atoms with Gasteiger partial charge in [0.15, 0.2) is 0 Å². The molecule has 1 unspecified atom stereocenters. The molecule has 0 rings (SSSR count). The number of ether oxygens (including phenoxy) is 6. The van der Waals surface area contributed by atoms with Crippen LogP contribution in [0.1, 0.15) is 27.2 Å². The van der Waals surface area contributed by atoms with Crippen LogP contribution in [-0.2, 0) is 33.2 Å². The van der Waals surface area contributed by atoms with E-state index in [1.807, 2.05) is 0 Å². The zero-order valence-corrected chi connectivity index (χ0v) is 15.4. The first-order chi connectivity index (χ1) is 11.7. The summed E-state index contributed by atoms with van der Waals surface area (Å²) in [6, 6.07) is 0. The van der Waals surface area contributed by atoms with E-state index in [-0.39, 0.29) is 12.6 Å². The first kappa shape index (κ1) is 23.3. The molecule has 0 bridgehead atoms. The lowest BCUT2D eigenvalue weighted by molar-refractivity contribution is -0.142. The molecule has 0 aromatic heterocycles. The lowest BCUT2D eigenvalue weighted by Gasteiger charge is -2.10. The van der Waals surface area contributed by atoms with E-state index in [4.69, 9.17) is 28.4 Å². The van der Waals surface area contributed by atoms with Crippen molar-refractivity contribution in [2.45, 2.75) is 27.2 Å². The average molecular weight is 350 g/mol. The predicted octanol–water partition coefficient (Wildman–Crippen LogP) is 1.68. The summed E-state index contributed by atoms with van der Waals surface area (Å²) in [6.45, 7) is 11.5. The third kappa shape index (κ3) is 19.3. The maximum atomic E-state index is 10.5. The summed E-state index contributed by atoms with van der Waals surface area (Å²) in [5, 5.41) is 0. The molecule has 7 heteroatoms. The SMILES string of the molecule is CCC(C)COCCOCCOCCOCCOCCOC(C)=O. The van der Waals surface area contributed by atoms with Crippen LogP contribution < -0.4 is 0 Å². The fraction of sp³-hybridized carbons (Fsp3) is 0.941. The van der Waals surface area contributed by atoms with E-state index < -0.39 is 0 Å². The minimum atomic E-state index is -0.297. The Hall–Kier alpha value is -0.730. The molecule has 0 aliphatic heterocycles. The lowest BCUT2D eigenvalue weighted by Crippen LogP contribution is -2.15. The molecule has 0 heterocycles. The molecule has 0 saturated heterocycles. The molecule has 0 aliphatic carbocycles. The summed E-state index contributed by atoms with van der Waals surface area (Å²) in [4.78, 5) is 10.5. The summed E-state index contributed by atoms with van der Waals surface area (Å²) in [7, 11) is 0. The maximum Gasteiger partial charge on any atom is 0.302 e. The number of hydrogen-bond donors (Lipinski definition) is 0. The van der Waals surface area contributed by atoms with Crippen molar-refractivity contribution in [3.8, 4) is 0 Å². The van der Waals surface area contributed by atoms with E-state index >= 15 is 0 Å². The monoisotopic (exact) mass is 350 g/mol. The Morgan fingerprint density at radius 1 is 0.708 bits per heavy atom. The van der Waals surface area contributed by atoms with Crippen molar-refractivity contribution in [3.63, 3.8) is 0 Å². The molecule has 0 aliphatic rings. The van der Waals surface area contributed by atoms with E-state index in [0.29, 0.717) is 65.4 Å². The second-order valence-electron chi connectivity index (χ2n) is 5.38. The molecule has 0 fully saturated rings. The van der Waals surface area contributed by atoms with Gasteiger partial charge in [-0.15, -0.1) is 0 Å². The standard InChI is InChI=1S/C17H34O7/c1-4-16(2)15-23-12-11-21-8-7-19-5-6-20-9-10-22-13-14-24-17(3)18/h16H,4-15H2,1-3H3. The number of hydrogen-bond acceptors (Lipinski definition) is 7. The lowest BCUT2D eigenvalue weighted by atomic mass is 10.1. The highest BCUT2D eigenvalue weighted by atomic mass is 16.6. The Kier molecular flexibility index (Phi) is 18.0. The van der Waals surface area contributed by atoms with Crippen molar-refractivity contribution in [2.24, 2.45) is 5.92 Å². The Morgan fingerprint density at radius 2 is 1.08 bits per heavy atom. The smallest absolute Gasteiger partial charge is 0.302 e. The molecule has 1 atom stereocenters. The summed E-state index contributed by atoms with van der Waals surface area (Å²) in [5.41, 5.74) is 0. The van der Waals surface area contributed by atoms with E-state index in [2.05, 4.69) is 13.8 Å². The Labute approximate surface area is 145 Å². The highest BCUT2D eigenvalue weighted by Gasteiger charge is 1.98. The summed E-state index contributed by atoms with van der Waals surface area (Å²) in [5.74, 6) is 0.308. The second-order valence-corrected chi connectivity index (χ2v) is 5.38. The minimum absolute atomic E-state index is 0.279. The highest BCUT2D eigenvalue weighted by molar-refractivity contribution is 5.65. The molecule has 0 aromatic rings. The van der Waals surface area contributed by atoms with Crippen LogP contribution >= 0.6 is 0 Å². The summed E-state index contributed by atoms with van der Waals surface area (Å²) >= 11 is 0. The third-order valence-corrected chi connectivity index (χ3v) is 3.12. The highest BCUT2D eigenvalue weighted by Crippen LogP contribution is 1.99. The first-order valence-electron chi connectivity index (χ1n) is 8.68. The average Bonchev–Trinajstić information content (AvgIpc) is 2.57. The van der Waals surface area contributed by atoms with Crippen molar-refractivity contribution in [1.82, 2.24) is 0 Å². The van der Waals surface area contributed by atoms with Gasteiger partial charge in [0.2, 0.25) is 0 Å². The molecular formula is C17H34O7. The number of carbonyl (C=O) groups excluding carboxylic acids is 1. The number of carbonyl (C=O) groups is 1. The molecule has 0 N–H and O–H groups in total. The van der Waals surface area contributed by atoms with Gasteiger partial charge in [-0.25, -0.2) is 0 Å². The summed E-state index contributed by atoms with van der Waals surface area (Å²) in [6.07, 6.45) is 1.14. The zero-order chi connectivity index (χ0) is 17.9. The van der Waals surface area contributed by atoms with Gasteiger partial charge in [0, 0.05) is 13.5 Å². The van der Waals surface area contributed by atoms with Gasteiger partial charge in [-0.1, -0.05) is 20.3 Å². The number of rotatable bonds is 18. The molecule has 0 saturated carbocycles. The number of esters is 1. The van der Waals surface area contributed by atoms with Crippen LogP contribution in [0, 0.1) is 5.92 Å². The fourth-order valence-corrected chi connectivity index (χ4v) is 1.53. The van der Waals surface area contributed by atoms with Crippen molar-refractivity contribution in [2.75, 3.05) is 72.7 Å². The second kappa shape index (κ2) is 18.6. The van der Waals surface area contributed by atoms with Gasteiger partial charge in [0.1, 0.15) is 6.61 Å². The quantitative estimate of drug-likeness (QED) is 0.275. The molecule has 0 amide bonds. The molecular weight excluding hydrogens is 316 g/mol. The van der Waals surface area contributed by atoms with Crippen LogP contribution in [0.2, 0.25) is 0 Å². The minimum Gasteiger partial charge on any atom is -0.463 e. The van der Waals surface area contributed by atoms with Gasteiger partial charge in [-0.2, -0.15) is 0 Å².